The van der Waals surface area contributed by atoms with Gasteiger partial charge in [-0.15, -0.1) is 0 Å². The molecule has 0 radical (unpaired) electrons. The fraction of sp³-hybridized carbons (Fsp3) is 0.444. The van der Waals surface area contributed by atoms with Crippen LogP contribution in [0.4, 0.5) is 5.95 Å². The van der Waals surface area contributed by atoms with Gasteiger partial charge in [0.05, 0.1) is 20.8 Å². The molecule has 0 saturated carbocycles. The van der Waals surface area contributed by atoms with Crippen LogP contribution >= 0.6 is 0 Å². The van der Waals surface area contributed by atoms with Gasteiger partial charge in [-0.25, -0.2) is 0 Å². The zero-order chi connectivity index (χ0) is 19.1. The highest BCUT2D eigenvalue weighted by Gasteiger charge is 2.18. The second-order valence-corrected chi connectivity index (χ2v) is 5.95. The monoisotopic (exact) mass is 373 g/mol. The van der Waals surface area contributed by atoms with Crippen molar-refractivity contribution in [1.29, 1.82) is 0 Å². The van der Waals surface area contributed by atoms with Crippen LogP contribution in [-0.2, 0) is 11.3 Å². The lowest BCUT2D eigenvalue weighted by molar-refractivity contribution is -0.123. The van der Waals surface area contributed by atoms with Gasteiger partial charge in [-0.3, -0.25) is 4.79 Å². The largest absolute Gasteiger partial charge is 0.493 e. The van der Waals surface area contributed by atoms with Gasteiger partial charge in [-0.1, -0.05) is 12.1 Å². The Morgan fingerprint density at radius 2 is 1.81 bits per heavy atom. The Morgan fingerprint density at radius 3 is 2.52 bits per heavy atom. The Hall–Kier alpha value is -3.10. The van der Waals surface area contributed by atoms with Crippen LogP contribution in [0.1, 0.15) is 18.7 Å². The third-order valence-electron chi connectivity index (χ3n) is 4.09. The van der Waals surface area contributed by atoms with E-state index in [1.165, 1.54) is 7.11 Å². The summed E-state index contributed by atoms with van der Waals surface area (Å²) in [6.07, 6.45) is 2.22. The molecule has 27 heavy (non-hydrogen) atoms. The third-order valence-corrected chi connectivity index (χ3v) is 4.09. The van der Waals surface area contributed by atoms with Gasteiger partial charge in [-0.2, -0.15) is 15.0 Å². The molecule has 144 valence electrons. The van der Waals surface area contributed by atoms with Gasteiger partial charge in [0.15, 0.2) is 23.9 Å². The van der Waals surface area contributed by atoms with Crippen molar-refractivity contribution in [3.8, 4) is 17.5 Å². The van der Waals surface area contributed by atoms with Gasteiger partial charge < -0.3 is 24.4 Å². The first-order chi connectivity index (χ1) is 13.2. The first-order valence-electron chi connectivity index (χ1n) is 8.76. The molecule has 1 aromatic carbocycles. The average molecular weight is 373 g/mol. The molecule has 1 aliphatic heterocycles. The van der Waals surface area contributed by atoms with E-state index in [-0.39, 0.29) is 25.1 Å². The lowest BCUT2D eigenvalue weighted by Gasteiger charge is -2.16. The Labute approximate surface area is 157 Å². The van der Waals surface area contributed by atoms with E-state index in [0.29, 0.717) is 23.3 Å². The topological polar surface area (TPSA) is 98.7 Å². The SMILES string of the molecule is COc1nc(CNC(=O)COc2ccccc2OC)nc(N2CCCC2)n1. The Kier molecular flexibility index (Phi) is 6.24. The molecular formula is C18H23N5O4. The molecule has 1 N–H and O–H groups in total. The standard InChI is InChI=1S/C18H23N5O4/c1-25-13-7-3-4-8-14(13)27-12-16(24)19-11-15-20-17(22-18(21-15)26-2)23-9-5-6-10-23/h3-4,7-8H,5-6,9-12H2,1-2H3,(H,19,24). The van der Waals surface area contributed by atoms with Crippen molar-refractivity contribution >= 4 is 11.9 Å². The molecule has 1 aliphatic rings. The van der Waals surface area contributed by atoms with Crippen LogP contribution in [0, 0.1) is 0 Å². The Balaban J connectivity index is 1.57. The van der Waals surface area contributed by atoms with Crippen LogP contribution < -0.4 is 24.4 Å². The number of methoxy groups -OCH3 is 2. The third kappa shape index (κ3) is 4.96. The van der Waals surface area contributed by atoms with Gasteiger partial charge in [0.2, 0.25) is 5.95 Å². The Bertz CT molecular complexity index is 780. The fourth-order valence-corrected chi connectivity index (χ4v) is 2.73. The van der Waals surface area contributed by atoms with Crippen molar-refractivity contribution in [3.05, 3.63) is 30.1 Å². The molecule has 3 rings (SSSR count). The molecule has 9 nitrogen and oxygen atoms in total. The van der Waals surface area contributed by atoms with Gasteiger partial charge in [0, 0.05) is 13.1 Å². The van der Waals surface area contributed by atoms with Gasteiger partial charge in [0.1, 0.15) is 0 Å². The molecule has 9 heteroatoms. The fourth-order valence-electron chi connectivity index (χ4n) is 2.73. The molecule has 1 amide bonds. The highest BCUT2D eigenvalue weighted by Crippen LogP contribution is 2.25. The summed E-state index contributed by atoms with van der Waals surface area (Å²) in [7, 11) is 3.06. The van der Waals surface area contributed by atoms with Crippen molar-refractivity contribution in [1.82, 2.24) is 20.3 Å². The number of anilines is 1. The average Bonchev–Trinajstić information content (AvgIpc) is 3.25. The summed E-state index contributed by atoms with van der Waals surface area (Å²) in [5.74, 6) is 1.81. The van der Waals surface area contributed by atoms with E-state index >= 15 is 0 Å². The number of para-hydroxylation sites is 2. The summed E-state index contributed by atoms with van der Waals surface area (Å²) < 4.78 is 15.8. The minimum Gasteiger partial charge on any atom is -0.493 e. The summed E-state index contributed by atoms with van der Waals surface area (Å²) in [5, 5.41) is 2.74. The van der Waals surface area contributed by atoms with Crippen molar-refractivity contribution in [2.24, 2.45) is 0 Å². The summed E-state index contributed by atoms with van der Waals surface area (Å²) in [5.41, 5.74) is 0. The zero-order valence-electron chi connectivity index (χ0n) is 15.5. The van der Waals surface area contributed by atoms with Gasteiger partial charge in [-0.05, 0) is 25.0 Å². The quantitative estimate of drug-likeness (QED) is 0.737. The minimum atomic E-state index is -0.289. The molecule has 0 spiro atoms. The first-order valence-corrected chi connectivity index (χ1v) is 8.76. The number of carbonyl (C=O) groups excluding carboxylic acids is 1. The second kappa shape index (κ2) is 9.02. The van der Waals surface area contributed by atoms with E-state index in [9.17, 15) is 4.79 Å². The maximum atomic E-state index is 12.1. The lowest BCUT2D eigenvalue weighted by Crippen LogP contribution is -2.30. The minimum absolute atomic E-state index is 0.137. The summed E-state index contributed by atoms with van der Waals surface area (Å²) in [4.78, 5) is 27.1. The van der Waals surface area contributed by atoms with Crippen LogP contribution in [0.15, 0.2) is 24.3 Å². The maximum Gasteiger partial charge on any atom is 0.321 e. The van der Waals surface area contributed by atoms with Crippen molar-refractivity contribution < 1.29 is 19.0 Å². The number of hydrogen-bond donors (Lipinski definition) is 1. The molecule has 2 heterocycles. The lowest BCUT2D eigenvalue weighted by atomic mass is 10.3. The number of ether oxygens (including phenoxy) is 3. The second-order valence-electron chi connectivity index (χ2n) is 5.95. The van der Waals surface area contributed by atoms with Crippen LogP contribution in [0.3, 0.4) is 0 Å². The normalized spacial score (nSPS) is 13.3. The van der Waals surface area contributed by atoms with E-state index < -0.39 is 0 Å². The molecule has 0 unspecified atom stereocenters. The van der Waals surface area contributed by atoms with E-state index in [1.807, 2.05) is 12.1 Å². The number of carbonyl (C=O) groups is 1. The van der Waals surface area contributed by atoms with E-state index in [4.69, 9.17) is 14.2 Å². The summed E-state index contributed by atoms with van der Waals surface area (Å²) in [6, 6.07) is 7.39. The number of benzene rings is 1. The molecule has 0 atom stereocenters. The van der Waals surface area contributed by atoms with Crippen molar-refractivity contribution in [3.63, 3.8) is 0 Å². The van der Waals surface area contributed by atoms with Crippen LogP contribution in [0.5, 0.6) is 17.5 Å². The van der Waals surface area contributed by atoms with Gasteiger partial charge in [0.25, 0.3) is 5.91 Å². The summed E-state index contributed by atoms with van der Waals surface area (Å²) in [6.45, 7) is 1.84. The molecule has 1 fully saturated rings. The predicted molar refractivity (Wildman–Crippen MR) is 98.2 cm³/mol. The number of rotatable bonds is 8. The smallest absolute Gasteiger partial charge is 0.321 e. The molecular weight excluding hydrogens is 350 g/mol. The highest BCUT2D eigenvalue weighted by atomic mass is 16.5. The van der Waals surface area contributed by atoms with Gasteiger partial charge >= 0.3 is 6.01 Å². The van der Waals surface area contributed by atoms with Crippen molar-refractivity contribution in [2.75, 3.05) is 38.8 Å². The first kappa shape index (κ1) is 18.7. The molecule has 0 bridgehead atoms. The number of nitrogens with one attached hydrogen (secondary N) is 1. The summed E-state index contributed by atoms with van der Waals surface area (Å²) >= 11 is 0. The number of hydrogen-bond acceptors (Lipinski definition) is 8. The molecule has 1 saturated heterocycles. The predicted octanol–water partition coefficient (Wildman–Crippen LogP) is 1.18. The van der Waals surface area contributed by atoms with E-state index in [2.05, 4.69) is 25.2 Å². The zero-order valence-corrected chi connectivity index (χ0v) is 15.5. The maximum absolute atomic E-state index is 12.1. The Morgan fingerprint density at radius 1 is 1.07 bits per heavy atom. The van der Waals surface area contributed by atoms with Crippen LogP contribution in [0.2, 0.25) is 0 Å². The number of amides is 1. The molecule has 1 aromatic heterocycles. The molecule has 2 aromatic rings. The van der Waals surface area contributed by atoms with Crippen LogP contribution in [-0.4, -0.2) is 54.8 Å². The molecule has 0 aliphatic carbocycles. The highest BCUT2D eigenvalue weighted by molar-refractivity contribution is 5.77. The number of aromatic nitrogens is 3. The van der Waals surface area contributed by atoms with Crippen LogP contribution in [0.25, 0.3) is 0 Å². The van der Waals surface area contributed by atoms with E-state index in [1.54, 1.807) is 19.2 Å². The van der Waals surface area contributed by atoms with Crippen molar-refractivity contribution in [2.45, 2.75) is 19.4 Å². The number of nitrogens with zero attached hydrogens (tertiary/aromatic N) is 4. The van der Waals surface area contributed by atoms with E-state index in [0.717, 1.165) is 25.9 Å².